The summed E-state index contributed by atoms with van der Waals surface area (Å²) in [5, 5.41) is 0. The Balaban J connectivity index is 1.83. The molecule has 2 spiro atoms. The first-order valence-electron chi connectivity index (χ1n) is 4.51. The molecule has 11 heavy (non-hydrogen) atoms. The van der Waals surface area contributed by atoms with E-state index < -0.39 is 0 Å². The molecule has 0 aromatic rings. The normalized spacial score (nSPS) is 44.9. The molecule has 60 valence electrons. The molecule has 3 rings (SSSR count). The first kappa shape index (κ1) is 6.24. The summed E-state index contributed by atoms with van der Waals surface area (Å²) in [6, 6.07) is 0. The molecule has 0 aromatic carbocycles. The quantitative estimate of drug-likeness (QED) is 0.481. The van der Waals surface area contributed by atoms with Gasteiger partial charge in [0.1, 0.15) is 0 Å². The van der Waals surface area contributed by atoms with Gasteiger partial charge in [0.15, 0.2) is 0 Å². The molecule has 2 saturated carbocycles. The summed E-state index contributed by atoms with van der Waals surface area (Å²) in [6.07, 6.45) is 5.44. The third kappa shape index (κ3) is 0.750. The van der Waals surface area contributed by atoms with Crippen LogP contribution in [0.4, 0.5) is 0 Å². The Morgan fingerprint density at radius 1 is 1.27 bits per heavy atom. The lowest BCUT2D eigenvalue weighted by Gasteiger charge is -2.28. The molecular weight excluding hydrogens is 136 g/mol. The Bertz CT molecular complexity index is 227. The Morgan fingerprint density at radius 2 is 2.00 bits per heavy atom. The molecule has 3 aliphatic rings. The first-order valence-corrected chi connectivity index (χ1v) is 4.51. The van der Waals surface area contributed by atoms with Gasteiger partial charge in [0.25, 0.3) is 0 Å². The second-order valence-electron chi connectivity index (χ2n) is 4.73. The van der Waals surface area contributed by atoms with E-state index in [-0.39, 0.29) is 0 Å². The zero-order valence-electron chi connectivity index (χ0n) is 6.86. The summed E-state index contributed by atoms with van der Waals surface area (Å²) in [6.45, 7) is 6.05. The van der Waals surface area contributed by atoms with Crippen LogP contribution < -0.4 is 0 Å². The molecule has 2 aliphatic carbocycles. The van der Waals surface area contributed by atoms with E-state index >= 15 is 0 Å². The molecule has 1 heteroatoms. The van der Waals surface area contributed by atoms with Crippen LogP contribution in [0.5, 0.6) is 0 Å². The summed E-state index contributed by atoms with van der Waals surface area (Å²) in [5.74, 6) is 0. The maximum atomic E-state index is 5.63. The highest BCUT2D eigenvalue weighted by Gasteiger charge is 2.59. The summed E-state index contributed by atoms with van der Waals surface area (Å²) in [7, 11) is 0. The number of hydrogen-bond acceptors (Lipinski definition) is 1. The van der Waals surface area contributed by atoms with Crippen LogP contribution in [0.1, 0.15) is 25.7 Å². The van der Waals surface area contributed by atoms with Gasteiger partial charge in [0.05, 0.1) is 13.2 Å². The third-order valence-electron chi connectivity index (χ3n) is 3.63. The number of hydrogen-bond donors (Lipinski definition) is 0. The maximum absolute atomic E-state index is 5.63. The van der Waals surface area contributed by atoms with Crippen molar-refractivity contribution >= 4 is 0 Å². The van der Waals surface area contributed by atoms with Gasteiger partial charge in [0, 0.05) is 5.41 Å². The predicted octanol–water partition coefficient (Wildman–Crippen LogP) is 2.13. The molecule has 1 saturated heterocycles. The highest BCUT2D eigenvalue weighted by Crippen LogP contribution is 2.66. The van der Waals surface area contributed by atoms with Gasteiger partial charge in [0.2, 0.25) is 0 Å². The monoisotopic (exact) mass is 150 g/mol. The maximum Gasteiger partial charge on any atom is 0.0563 e. The van der Waals surface area contributed by atoms with Crippen LogP contribution in [0, 0.1) is 10.8 Å². The highest BCUT2D eigenvalue weighted by atomic mass is 16.5. The smallest absolute Gasteiger partial charge is 0.0563 e. The van der Waals surface area contributed by atoms with Crippen LogP contribution in [0.2, 0.25) is 0 Å². The fraction of sp³-hybridized carbons (Fsp3) is 0.800. The van der Waals surface area contributed by atoms with E-state index in [0.717, 1.165) is 13.2 Å². The summed E-state index contributed by atoms with van der Waals surface area (Å²) >= 11 is 0. The summed E-state index contributed by atoms with van der Waals surface area (Å²) in [4.78, 5) is 0. The van der Waals surface area contributed by atoms with Gasteiger partial charge in [-0.15, -0.1) is 0 Å². The lowest BCUT2D eigenvalue weighted by molar-refractivity contribution is -0.00153. The minimum absolute atomic E-state index is 0.467. The largest absolute Gasteiger partial charge is 0.380 e. The van der Waals surface area contributed by atoms with Gasteiger partial charge in [-0.3, -0.25) is 0 Å². The molecule has 1 unspecified atom stereocenters. The van der Waals surface area contributed by atoms with Gasteiger partial charge in [-0.2, -0.15) is 0 Å². The van der Waals surface area contributed by atoms with Crippen molar-refractivity contribution in [3.8, 4) is 0 Å². The fourth-order valence-electron chi connectivity index (χ4n) is 2.49. The molecule has 0 N–H and O–H groups in total. The average Bonchev–Trinajstić information content (AvgIpc) is 2.81. The molecular formula is C10H14O. The van der Waals surface area contributed by atoms with Gasteiger partial charge in [-0.1, -0.05) is 12.2 Å². The number of rotatable bonds is 0. The van der Waals surface area contributed by atoms with Crippen LogP contribution in [0.3, 0.4) is 0 Å². The van der Waals surface area contributed by atoms with Crippen molar-refractivity contribution in [1.29, 1.82) is 0 Å². The Hall–Kier alpha value is -0.300. The topological polar surface area (TPSA) is 9.23 Å². The standard InChI is InChI=1S/C10H14O/c1-8-4-10(8)5-9(2-3-9)6-11-7-10/h1-7H2. The molecule has 0 amide bonds. The molecule has 3 fully saturated rings. The van der Waals surface area contributed by atoms with E-state index in [1.54, 1.807) is 0 Å². The molecule has 0 radical (unpaired) electrons. The van der Waals surface area contributed by atoms with Gasteiger partial charge < -0.3 is 4.74 Å². The van der Waals surface area contributed by atoms with Crippen LogP contribution in [0.15, 0.2) is 12.2 Å². The van der Waals surface area contributed by atoms with E-state index in [0.29, 0.717) is 10.8 Å². The van der Waals surface area contributed by atoms with E-state index in [1.165, 1.54) is 31.3 Å². The van der Waals surface area contributed by atoms with Crippen molar-refractivity contribution in [2.24, 2.45) is 10.8 Å². The van der Waals surface area contributed by atoms with E-state index in [9.17, 15) is 0 Å². The molecule has 0 bridgehead atoms. The zero-order chi connectivity index (χ0) is 7.53. The van der Waals surface area contributed by atoms with Crippen molar-refractivity contribution in [2.75, 3.05) is 13.2 Å². The fourth-order valence-corrected chi connectivity index (χ4v) is 2.49. The Kier molecular flexibility index (Phi) is 0.885. The molecule has 1 nitrogen and oxygen atoms in total. The van der Waals surface area contributed by atoms with E-state index in [2.05, 4.69) is 6.58 Å². The van der Waals surface area contributed by atoms with Crippen molar-refractivity contribution in [1.82, 2.24) is 0 Å². The third-order valence-corrected chi connectivity index (χ3v) is 3.63. The van der Waals surface area contributed by atoms with Crippen LogP contribution in [-0.2, 0) is 4.74 Å². The minimum Gasteiger partial charge on any atom is -0.380 e. The van der Waals surface area contributed by atoms with E-state index in [1.807, 2.05) is 0 Å². The predicted molar refractivity (Wildman–Crippen MR) is 43.3 cm³/mol. The second-order valence-corrected chi connectivity index (χ2v) is 4.73. The minimum atomic E-state index is 0.467. The SMILES string of the molecule is C=C1CC12COCC1(CC1)C2. The van der Waals surface area contributed by atoms with Gasteiger partial charge >= 0.3 is 0 Å². The molecule has 1 aliphatic heterocycles. The average molecular weight is 150 g/mol. The first-order chi connectivity index (χ1) is 5.25. The van der Waals surface area contributed by atoms with Crippen LogP contribution in [0.25, 0.3) is 0 Å². The number of ether oxygens (including phenoxy) is 1. The van der Waals surface area contributed by atoms with Crippen molar-refractivity contribution in [3.05, 3.63) is 12.2 Å². The van der Waals surface area contributed by atoms with Crippen molar-refractivity contribution in [2.45, 2.75) is 25.7 Å². The van der Waals surface area contributed by atoms with Crippen molar-refractivity contribution in [3.63, 3.8) is 0 Å². The highest BCUT2D eigenvalue weighted by molar-refractivity contribution is 5.32. The second kappa shape index (κ2) is 1.56. The molecule has 0 aromatic heterocycles. The van der Waals surface area contributed by atoms with Gasteiger partial charge in [-0.05, 0) is 31.1 Å². The van der Waals surface area contributed by atoms with E-state index in [4.69, 9.17) is 4.74 Å². The van der Waals surface area contributed by atoms with Crippen molar-refractivity contribution < 1.29 is 4.74 Å². The van der Waals surface area contributed by atoms with Gasteiger partial charge in [-0.25, -0.2) is 0 Å². The van der Waals surface area contributed by atoms with Crippen LogP contribution >= 0.6 is 0 Å². The molecule has 1 heterocycles. The lowest BCUT2D eigenvalue weighted by atomic mass is 9.87. The lowest BCUT2D eigenvalue weighted by Crippen LogP contribution is -2.28. The Morgan fingerprint density at radius 3 is 2.55 bits per heavy atom. The Labute approximate surface area is 67.4 Å². The summed E-state index contributed by atoms with van der Waals surface area (Å²) in [5.41, 5.74) is 2.54. The van der Waals surface area contributed by atoms with Crippen LogP contribution in [-0.4, -0.2) is 13.2 Å². The summed E-state index contributed by atoms with van der Waals surface area (Å²) < 4.78 is 5.63. The molecule has 1 atom stereocenters. The zero-order valence-corrected chi connectivity index (χ0v) is 6.86.